The van der Waals surface area contributed by atoms with E-state index < -0.39 is 15.7 Å². The molecular weight excluding hydrogens is 364 g/mol. The van der Waals surface area contributed by atoms with Crippen LogP contribution in [0.1, 0.15) is 11.4 Å². The first-order chi connectivity index (χ1) is 11.8. The molecule has 0 bridgehead atoms. The third-order valence-corrected chi connectivity index (χ3v) is 5.98. The smallest absolute Gasteiger partial charge is 0.312 e. The molecule has 132 valence electrons. The van der Waals surface area contributed by atoms with E-state index in [1.165, 1.54) is 16.7 Å². The molecule has 0 spiro atoms. The number of nitrogens with one attached hydrogen (secondary N) is 2. The summed E-state index contributed by atoms with van der Waals surface area (Å²) >= 11 is 0.951. The number of fused-ring (bicyclic) bond motifs is 1. The maximum atomic E-state index is 12.4. The predicted molar refractivity (Wildman–Crippen MR) is 95.6 cm³/mol. The fourth-order valence-electron chi connectivity index (χ4n) is 2.51. The molecule has 3 aromatic rings. The lowest BCUT2D eigenvalue weighted by Crippen LogP contribution is -2.33. The quantitative estimate of drug-likeness (QED) is 0.678. The highest BCUT2D eigenvalue weighted by atomic mass is 32.2. The fraction of sp³-hybridized carbons (Fsp3) is 0.267. The Labute approximate surface area is 147 Å². The minimum Gasteiger partial charge on any atom is -0.312 e. The number of thiazole rings is 1. The van der Waals surface area contributed by atoms with Gasteiger partial charge in [-0.25, -0.2) is 17.9 Å². The number of aromatic amines is 1. The largest absolute Gasteiger partial charge is 0.348 e. The summed E-state index contributed by atoms with van der Waals surface area (Å²) in [5, 5.41) is 0. The first kappa shape index (κ1) is 17.5. The van der Waals surface area contributed by atoms with E-state index in [0.717, 1.165) is 17.0 Å². The van der Waals surface area contributed by atoms with Crippen LogP contribution >= 0.6 is 11.3 Å². The second kappa shape index (κ2) is 6.54. The number of hydrogen-bond donors (Lipinski definition) is 2. The van der Waals surface area contributed by atoms with Crippen molar-refractivity contribution >= 4 is 31.6 Å². The minimum atomic E-state index is -3.74. The Balaban J connectivity index is 1.77. The second-order valence-corrected chi connectivity index (χ2v) is 8.33. The zero-order valence-electron chi connectivity index (χ0n) is 13.6. The highest BCUT2D eigenvalue weighted by Gasteiger charge is 2.15. The first-order valence-electron chi connectivity index (χ1n) is 7.44. The lowest BCUT2D eigenvalue weighted by molar-refractivity contribution is 0.564. The average molecular weight is 380 g/mol. The van der Waals surface area contributed by atoms with E-state index in [1.54, 1.807) is 26.0 Å². The topological polar surface area (TPSA) is 114 Å². The van der Waals surface area contributed by atoms with Crippen LogP contribution in [0.25, 0.3) is 10.2 Å². The molecule has 0 aliphatic carbocycles. The Morgan fingerprint density at radius 3 is 2.72 bits per heavy atom. The Hall–Kier alpha value is -2.30. The van der Waals surface area contributed by atoms with E-state index in [1.807, 2.05) is 0 Å². The Morgan fingerprint density at radius 2 is 2.00 bits per heavy atom. The van der Waals surface area contributed by atoms with Crippen LogP contribution in [-0.4, -0.2) is 29.5 Å². The van der Waals surface area contributed by atoms with Crippen molar-refractivity contribution in [3.63, 3.8) is 0 Å². The highest BCUT2D eigenvalue weighted by Crippen LogP contribution is 2.19. The first-order valence-corrected chi connectivity index (χ1v) is 9.74. The predicted octanol–water partition coefficient (Wildman–Crippen LogP) is 0.742. The van der Waals surface area contributed by atoms with Crippen LogP contribution in [-0.2, 0) is 16.6 Å². The molecule has 10 heteroatoms. The van der Waals surface area contributed by atoms with Gasteiger partial charge in [-0.3, -0.25) is 9.36 Å². The summed E-state index contributed by atoms with van der Waals surface area (Å²) in [6.45, 7) is 3.73. The summed E-state index contributed by atoms with van der Waals surface area (Å²) in [4.78, 5) is 29.5. The van der Waals surface area contributed by atoms with Gasteiger partial charge in [-0.2, -0.15) is 4.98 Å². The number of hydrogen-bond acceptors (Lipinski definition) is 6. The van der Waals surface area contributed by atoms with Crippen molar-refractivity contribution in [2.75, 3.05) is 6.54 Å². The fourth-order valence-corrected chi connectivity index (χ4v) is 4.41. The van der Waals surface area contributed by atoms with Gasteiger partial charge in [-0.1, -0.05) is 11.3 Å². The molecule has 0 amide bonds. The van der Waals surface area contributed by atoms with Gasteiger partial charge in [0.1, 0.15) is 0 Å². The SMILES string of the molecule is Cc1cc(C)n(CCNS(=O)(=O)c2ccc3[nH]c(=O)sc3c2)c(=O)n1. The van der Waals surface area contributed by atoms with Crippen LogP contribution in [0.2, 0.25) is 0 Å². The molecule has 3 rings (SSSR count). The zero-order chi connectivity index (χ0) is 18.2. The Bertz CT molecular complexity index is 1160. The van der Waals surface area contributed by atoms with E-state index in [9.17, 15) is 18.0 Å². The molecule has 0 unspecified atom stereocenters. The van der Waals surface area contributed by atoms with Crippen molar-refractivity contribution in [1.29, 1.82) is 0 Å². The summed E-state index contributed by atoms with van der Waals surface area (Å²) in [7, 11) is -3.74. The van der Waals surface area contributed by atoms with Crippen LogP contribution in [0, 0.1) is 13.8 Å². The number of aromatic nitrogens is 3. The molecule has 0 fully saturated rings. The molecule has 2 heterocycles. The third-order valence-electron chi connectivity index (χ3n) is 3.68. The molecule has 0 aliphatic rings. The number of benzene rings is 1. The van der Waals surface area contributed by atoms with Gasteiger partial charge in [0.2, 0.25) is 10.0 Å². The van der Waals surface area contributed by atoms with Crippen LogP contribution in [0.3, 0.4) is 0 Å². The second-order valence-electron chi connectivity index (χ2n) is 5.54. The highest BCUT2D eigenvalue weighted by molar-refractivity contribution is 7.89. The lowest BCUT2D eigenvalue weighted by atomic mass is 10.3. The van der Waals surface area contributed by atoms with Gasteiger partial charge < -0.3 is 4.98 Å². The summed E-state index contributed by atoms with van der Waals surface area (Å²) in [5.41, 5.74) is 1.53. The standard InChI is InChI=1S/C15H16N4O4S2/c1-9-7-10(2)19(14(20)17-9)6-5-16-25(22,23)11-3-4-12-13(8-11)24-15(21)18-12/h3-4,7-8,16H,5-6H2,1-2H3,(H,18,21). The summed E-state index contributed by atoms with van der Waals surface area (Å²) < 4.78 is 29.2. The van der Waals surface area contributed by atoms with E-state index in [4.69, 9.17) is 0 Å². The minimum absolute atomic E-state index is 0.0508. The van der Waals surface area contributed by atoms with Crippen molar-refractivity contribution in [2.45, 2.75) is 25.3 Å². The van der Waals surface area contributed by atoms with E-state index >= 15 is 0 Å². The normalized spacial score (nSPS) is 11.9. The molecular formula is C15H16N4O4S2. The zero-order valence-corrected chi connectivity index (χ0v) is 15.2. The van der Waals surface area contributed by atoms with E-state index in [-0.39, 0.29) is 22.9 Å². The number of sulfonamides is 1. The summed E-state index contributed by atoms with van der Waals surface area (Å²) in [6.07, 6.45) is 0. The van der Waals surface area contributed by atoms with Crippen molar-refractivity contribution < 1.29 is 8.42 Å². The molecule has 0 saturated carbocycles. The number of H-pyrrole nitrogens is 1. The van der Waals surface area contributed by atoms with Crippen molar-refractivity contribution in [3.05, 3.63) is 55.8 Å². The lowest BCUT2D eigenvalue weighted by Gasteiger charge is -2.11. The number of rotatable bonds is 5. The van der Waals surface area contributed by atoms with Crippen LogP contribution in [0.5, 0.6) is 0 Å². The maximum absolute atomic E-state index is 12.4. The van der Waals surface area contributed by atoms with Gasteiger partial charge in [0.05, 0.1) is 15.1 Å². The summed E-state index contributed by atoms with van der Waals surface area (Å²) in [5.74, 6) is 0. The molecule has 0 atom stereocenters. The van der Waals surface area contributed by atoms with Crippen molar-refractivity contribution in [3.8, 4) is 0 Å². The molecule has 2 aromatic heterocycles. The third kappa shape index (κ3) is 3.70. The molecule has 2 N–H and O–H groups in total. The van der Waals surface area contributed by atoms with Crippen LogP contribution in [0.15, 0.2) is 38.8 Å². The number of aryl methyl sites for hydroxylation is 2. The Morgan fingerprint density at radius 1 is 1.24 bits per heavy atom. The molecule has 0 aliphatic heterocycles. The molecule has 25 heavy (non-hydrogen) atoms. The molecule has 0 saturated heterocycles. The van der Waals surface area contributed by atoms with Crippen molar-refractivity contribution in [2.24, 2.45) is 0 Å². The number of nitrogens with zero attached hydrogens (tertiary/aromatic N) is 2. The van der Waals surface area contributed by atoms with E-state index in [0.29, 0.717) is 15.9 Å². The van der Waals surface area contributed by atoms with Gasteiger partial charge in [-0.05, 0) is 38.1 Å². The van der Waals surface area contributed by atoms with Crippen LogP contribution < -0.4 is 15.3 Å². The van der Waals surface area contributed by atoms with Gasteiger partial charge in [0.25, 0.3) is 0 Å². The molecule has 0 radical (unpaired) electrons. The van der Waals surface area contributed by atoms with E-state index in [2.05, 4.69) is 14.7 Å². The summed E-state index contributed by atoms with van der Waals surface area (Å²) in [6, 6.07) is 6.20. The van der Waals surface area contributed by atoms with Crippen LogP contribution in [0.4, 0.5) is 0 Å². The van der Waals surface area contributed by atoms with Gasteiger partial charge >= 0.3 is 10.6 Å². The molecule has 1 aromatic carbocycles. The monoisotopic (exact) mass is 380 g/mol. The van der Waals surface area contributed by atoms with Crippen molar-refractivity contribution in [1.82, 2.24) is 19.3 Å². The van der Waals surface area contributed by atoms with Gasteiger partial charge in [0.15, 0.2) is 0 Å². The average Bonchev–Trinajstić information content (AvgIpc) is 2.88. The van der Waals surface area contributed by atoms with Gasteiger partial charge in [-0.15, -0.1) is 0 Å². The van der Waals surface area contributed by atoms with Gasteiger partial charge in [0, 0.05) is 24.5 Å². The molecule has 8 nitrogen and oxygen atoms in total. The maximum Gasteiger partial charge on any atom is 0.348 e. The Kier molecular flexibility index (Phi) is 4.58.